The fourth-order valence-corrected chi connectivity index (χ4v) is 6.54. The van der Waals surface area contributed by atoms with E-state index in [1.807, 2.05) is 48.5 Å². The lowest BCUT2D eigenvalue weighted by atomic mass is 9.96. The third kappa shape index (κ3) is 3.61. The van der Waals surface area contributed by atoms with E-state index < -0.39 is 55.0 Å². The van der Waals surface area contributed by atoms with Crippen LogP contribution in [-0.4, -0.2) is 81.0 Å². The summed E-state index contributed by atoms with van der Waals surface area (Å²) in [5.41, 5.74) is 2.95. The van der Waals surface area contributed by atoms with Gasteiger partial charge < -0.3 is 34.0 Å². The molecule has 12 heteroatoms. The van der Waals surface area contributed by atoms with E-state index in [4.69, 9.17) is 14.2 Å². The molecule has 11 nitrogen and oxygen atoms in total. The van der Waals surface area contributed by atoms with E-state index in [0.29, 0.717) is 32.7 Å². The molecular formula is C29H24BrN3O8. The highest BCUT2D eigenvalue weighted by Gasteiger charge is 2.49. The number of alkyl halides is 1. The molecule has 2 amide bonds. The number of aromatic nitrogens is 2. The Bertz CT molecular complexity index is 1910. The van der Waals surface area contributed by atoms with Gasteiger partial charge in [-0.1, -0.05) is 52.3 Å². The van der Waals surface area contributed by atoms with E-state index in [1.165, 1.54) is 7.11 Å². The normalized spacial score (nSPS) is 24.4. The topological polar surface area (TPSA) is 152 Å². The van der Waals surface area contributed by atoms with Crippen LogP contribution in [-0.2, 0) is 19.0 Å². The number of fused-ring (bicyclic) bond motifs is 10. The van der Waals surface area contributed by atoms with Crippen LogP contribution in [0.1, 0.15) is 26.9 Å². The maximum Gasteiger partial charge on any atom is 0.317 e. The Morgan fingerprint density at radius 3 is 2.41 bits per heavy atom. The molecule has 4 heterocycles. The average molecular weight is 622 g/mol. The van der Waals surface area contributed by atoms with Gasteiger partial charge in [0.2, 0.25) is 0 Å². The summed E-state index contributed by atoms with van der Waals surface area (Å²) in [5.74, 6) is -1.65. The minimum absolute atomic E-state index is 0.126. The van der Waals surface area contributed by atoms with Crippen LogP contribution < -0.4 is 5.32 Å². The van der Waals surface area contributed by atoms with Gasteiger partial charge in [-0.15, -0.1) is 0 Å². The summed E-state index contributed by atoms with van der Waals surface area (Å²) >= 11 is 3.11. The molecule has 210 valence electrons. The predicted molar refractivity (Wildman–Crippen MR) is 152 cm³/mol. The Hall–Kier alpha value is -3.81. The number of para-hydroxylation sites is 2. The van der Waals surface area contributed by atoms with Crippen molar-refractivity contribution in [1.29, 1.82) is 0 Å². The minimum Gasteiger partial charge on any atom is -0.454 e. The quantitative estimate of drug-likeness (QED) is 0.133. The van der Waals surface area contributed by atoms with Gasteiger partial charge in [-0.3, -0.25) is 19.7 Å². The Morgan fingerprint density at radius 2 is 1.71 bits per heavy atom. The van der Waals surface area contributed by atoms with Crippen molar-refractivity contribution in [3.05, 3.63) is 59.7 Å². The second-order valence-corrected chi connectivity index (χ2v) is 10.7. The molecule has 3 aromatic carbocycles. The number of esters is 1. The number of hydrogen-bond acceptors (Lipinski definition) is 8. The van der Waals surface area contributed by atoms with Gasteiger partial charge in [0, 0.05) is 34.2 Å². The number of rotatable bonds is 5. The van der Waals surface area contributed by atoms with Crippen molar-refractivity contribution in [2.75, 3.05) is 19.0 Å². The number of carbonyl (C=O) groups is 3. The van der Waals surface area contributed by atoms with Gasteiger partial charge in [0.05, 0.1) is 34.3 Å². The summed E-state index contributed by atoms with van der Waals surface area (Å²) in [6, 6.07) is 14.7. The molecule has 0 unspecified atom stereocenters. The largest absolute Gasteiger partial charge is 0.454 e. The zero-order valence-electron chi connectivity index (χ0n) is 21.6. The van der Waals surface area contributed by atoms with Crippen LogP contribution >= 0.6 is 15.9 Å². The molecule has 0 spiro atoms. The van der Waals surface area contributed by atoms with Gasteiger partial charge in [-0.05, 0) is 12.1 Å². The Balaban J connectivity index is 1.64. The van der Waals surface area contributed by atoms with Crippen LogP contribution in [0.4, 0.5) is 0 Å². The van der Waals surface area contributed by atoms with E-state index in [0.717, 1.165) is 10.9 Å². The second kappa shape index (κ2) is 9.64. The first kappa shape index (κ1) is 26.1. The number of aliphatic hydroxyl groups excluding tert-OH is 2. The van der Waals surface area contributed by atoms with Gasteiger partial charge in [0.15, 0.2) is 12.3 Å². The fraction of sp³-hybridized carbons (Fsp3) is 0.276. The number of imide groups is 1. The average Bonchev–Trinajstić information content (AvgIpc) is 3.62. The van der Waals surface area contributed by atoms with Gasteiger partial charge in [0.1, 0.15) is 23.6 Å². The number of aliphatic hydroxyl groups is 2. The van der Waals surface area contributed by atoms with E-state index in [1.54, 1.807) is 4.57 Å². The highest BCUT2D eigenvalue weighted by Crippen LogP contribution is 2.46. The van der Waals surface area contributed by atoms with Crippen molar-refractivity contribution < 1.29 is 38.8 Å². The molecule has 2 aliphatic rings. The zero-order valence-corrected chi connectivity index (χ0v) is 23.2. The number of ether oxygens (including phenoxy) is 3. The molecule has 0 aliphatic carbocycles. The van der Waals surface area contributed by atoms with Crippen molar-refractivity contribution in [3.8, 4) is 0 Å². The van der Waals surface area contributed by atoms with Crippen molar-refractivity contribution in [2.24, 2.45) is 0 Å². The monoisotopic (exact) mass is 621 g/mol. The van der Waals surface area contributed by atoms with Crippen LogP contribution in [0, 0.1) is 0 Å². The number of aromatic amines is 1. The van der Waals surface area contributed by atoms with E-state index in [9.17, 15) is 24.6 Å². The summed E-state index contributed by atoms with van der Waals surface area (Å²) in [5, 5.41) is 26.4. The lowest BCUT2D eigenvalue weighted by molar-refractivity contribution is -0.261. The van der Waals surface area contributed by atoms with E-state index in [2.05, 4.69) is 26.2 Å². The van der Waals surface area contributed by atoms with E-state index >= 15 is 0 Å². The Kier molecular flexibility index (Phi) is 6.14. The zero-order chi connectivity index (χ0) is 28.6. The number of nitrogens with zero attached hydrogens (tertiary/aromatic N) is 1. The van der Waals surface area contributed by atoms with Crippen molar-refractivity contribution in [3.63, 3.8) is 0 Å². The first-order valence-corrected chi connectivity index (χ1v) is 14.1. The minimum atomic E-state index is -1.37. The number of methoxy groups -OCH3 is 1. The highest BCUT2D eigenvalue weighted by atomic mass is 79.9. The third-order valence-electron chi connectivity index (χ3n) is 8.00. The molecule has 2 aliphatic heterocycles. The number of amides is 2. The lowest BCUT2D eigenvalue weighted by Crippen LogP contribution is -2.58. The third-order valence-corrected chi connectivity index (χ3v) is 8.46. The number of hydrogen-bond donors (Lipinski definition) is 4. The molecule has 0 saturated carbocycles. The molecular weight excluding hydrogens is 598 g/mol. The molecule has 0 bridgehead atoms. The molecule has 4 N–H and O–H groups in total. The second-order valence-electron chi connectivity index (χ2n) is 10.1. The van der Waals surface area contributed by atoms with Gasteiger partial charge in [-0.2, -0.15) is 0 Å². The first-order valence-electron chi connectivity index (χ1n) is 13.0. The molecule has 1 fully saturated rings. The Labute approximate surface area is 240 Å². The fourth-order valence-electron chi connectivity index (χ4n) is 6.40. The van der Waals surface area contributed by atoms with Crippen molar-refractivity contribution in [2.45, 2.75) is 30.6 Å². The maximum absolute atomic E-state index is 13.4. The highest BCUT2D eigenvalue weighted by molar-refractivity contribution is 9.09. The van der Waals surface area contributed by atoms with Crippen molar-refractivity contribution in [1.82, 2.24) is 14.9 Å². The molecule has 1 saturated heterocycles. The van der Waals surface area contributed by atoms with Crippen LogP contribution in [0.15, 0.2) is 48.5 Å². The number of H-pyrrole nitrogens is 1. The number of carbonyl (C=O) groups excluding carboxylic acids is 3. The van der Waals surface area contributed by atoms with Crippen molar-refractivity contribution >= 4 is 77.3 Å². The first-order chi connectivity index (χ1) is 19.9. The summed E-state index contributed by atoms with van der Waals surface area (Å²) in [7, 11) is 1.37. The summed E-state index contributed by atoms with van der Waals surface area (Å²) in [4.78, 5) is 42.5. The summed E-state index contributed by atoms with van der Waals surface area (Å²) in [6.07, 6.45) is -5.72. The molecule has 7 rings (SSSR count). The molecule has 0 radical (unpaired) electrons. The standard InChI is InChI=1S/C29H24BrN3O8/c1-39-25-16(11-34)40-29(26(24(25)36)41-17(35)10-30)33-15-9-5-3-7-13(15)19-21-20(27(37)32-28(21)38)18-12-6-2-4-8-14(12)31-22(18)23(19)33/h2-9,16,24-26,29,31,34,36H,10-11H2,1H3,(H,32,37,38)/t16-,24+,25-,26-,29-/m1/s1. The molecule has 41 heavy (non-hydrogen) atoms. The molecule has 5 atom stereocenters. The summed E-state index contributed by atoms with van der Waals surface area (Å²) in [6.45, 7) is -0.476. The predicted octanol–water partition coefficient (Wildman–Crippen LogP) is 2.88. The molecule has 2 aromatic heterocycles. The lowest BCUT2D eigenvalue weighted by Gasteiger charge is -2.43. The summed E-state index contributed by atoms with van der Waals surface area (Å²) < 4.78 is 19.3. The van der Waals surface area contributed by atoms with Crippen LogP contribution in [0.25, 0.3) is 43.6 Å². The van der Waals surface area contributed by atoms with Gasteiger partial charge in [0.25, 0.3) is 11.8 Å². The number of halogens is 1. The molecule has 5 aromatic rings. The van der Waals surface area contributed by atoms with Crippen LogP contribution in [0.2, 0.25) is 0 Å². The smallest absolute Gasteiger partial charge is 0.317 e. The van der Waals surface area contributed by atoms with Gasteiger partial charge in [-0.25, -0.2) is 0 Å². The number of benzene rings is 3. The SMILES string of the molecule is CO[C@H]1[C@H](O)[C@@H](OC(=O)CBr)[C@H](n2c3ccccc3c3c4c(c5c6ccccc6[nH]c5c32)C(=O)NC4=O)O[C@@H]1CO. The van der Waals surface area contributed by atoms with E-state index in [-0.39, 0.29) is 16.5 Å². The van der Waals surface area contributed by atoms with Crippen LogP contribution in [0.3, 0.4) is 0 Å². The maximum atomic E-state index is 13.4. The Morgan fingerprint density at radius 1 is 1.02 bits per heavy atom. The number of nitrogens with one attached hydrogen (secondary N) is 2. The van der Waals surface area contributed by atoms with Gasteiger partial charge >= 0.3 is 5.97 Å². The van der Waals surface area contributed by atoms with Crippen LogP contribution in [0.5, 0.6) is 0 Å².